The Morgan fingerprint density at radius 1 is 1.33 bits per heavy atom. The third-order valence-corrected chi connectivity index (χ3v) is 4.04. The van der Waals surface area contributed by atoms with Crippen molar-refractivity contribution in [3.8, 4) is 5.75 Å². The third kappa shape index (κ3) is 4.08. The highest BCUT2D eigenvalue weighted by atomic mass is 79.9. The van der Waals surface area contributed by atoms with E-state index in [-0.39, 0.29) is 6.04 Å². The van der Waals surface area contributed by atoms with Crippen LogP contribution < -0.4 is 10.5 Å². The predicted octanol–water partition coefficient (Wildman–Crippen LogP) is 4.22. The molecule has 0 saturated heterocycles. The molecule has 1 heterocycles. The van der Waals surface area contributed by atoms with E-state index in [9.17, 15) is 0 Å². The van der Waals surface area contributed by atoms with Gasteiger partial charge in [-0.05, 0) is 44.5 Å². The molecule has 2 N–H and O–H groups in total. The molecule has 0 spiro atoms. The van der Waals surface area contributed by atoms with Gasteiger partial charge in [-0.2, -0.15) is 5.10 Å². The van der Waals surface area contributed by atoms with Gasteiger partial charge >= 0.3 is 0 Å². The van der Waals surface area contributed by atoms with Crippen LogP contribution >= 0.6 is 15.9 Å². The van der Waals surface area contributed by atoms with E-state index in [1.807, 2.05) is 42.1 Å². The van der Waals surface area contributed by atoms with E-state index in [0.29, 0.717) is 12.6 Å². The molecule has 114 valence electrons. The predicted molar refractivity (Wildman–Crippen MR) is 88.3 cm³/mol. The maximum absolute atomic E-state index is 5.99. The number of hydrogen-bond donors (Lipinski definition) is 1. The summed E-state index contributed by atoms with van der Waals surface area (Å²) in [6.45, 7) is 6.71. The molecule has 2 rings (SSSR count). The Morgan fingerprint density at radius 2 is 2.10 bits per heavy atom. The number of ether oxygens (including phenoxy) is 1. The van der Waals surface area contributed by atoms with Crippen LogP contribution in [0.3, 0.4) is 0 Å². The molecule has 0 bridgehead atoms. The molecule has 4 nitrogen and oxygen atoms in total. The molecule has 0 aliphatic carbocycles. The monoisotopic (exact) mass is 351 g/mol. The Balaban J connectivity index is 2.08. The van der Waals surface area contributed by atoms with Crippen LogP contribution in [0.4, 0.5) is 0 Å². The molecule has 0 aliphatic heterocycles. The Kier molecular flexibility index (Phi) is 5.42. The summed E-state index contributed by atoms with van der Waals surface area (Å²) in [5.74, 6) is 0.811. The summed E-state index contributed by atoms with van der Waals surface area (Å²) in [7, 11) is 0. The van der Waals surface area contributed by atoms with Gasteiger partial charge in [-0.25, -0.2) is 0 Å². The Bertz CT molecular complexity index is 595. The van der Waals surface area contributed by atoms with Crippen molar-refractivity contribution in [3.63, 3.8) is 0 Å². The summed E-state index contributed by atoms with van der Waals surface area (Å²) in [6, 6.07) is 8.23. The fourth-order valence-corrected chi connectivity index (χ4v) is 2.42. The minimum Gasteiger partial charge on any atom is -0.487 e. The van der Waals surface area contributed by atoms with Crippen LogP contribution in [0.25, 0.3) is 0 Å². The molecule has 2 unspecified atom stereocenters. The fraction of sp³-hybridized carbons (Fsp3) is 0.438. The van der Waals surface area contributed by atoms with E-state index in [4.69, 9.17) is 10.5 Å². The molecule has 0 aliphatic rings. The van der Waals surface area contributed by atoms with E-state index < -0.39 is 0 Å². The molecule has 2 atom stereocenters. The van der Waals surface area contributed by atoms with E-state index in [1.165, 1.54) is 0 Å². The van der Waals surface area contributed by atoms with E-state index >= 15 is 0 Å². The fourth-order valence-electron chi connectivity index (χ4n) is 2.05. The van der Waals surface area contributed by atoms with Gasteiger partial charge in [0.15, 0.2) is 0 Å². The average Bonchev–Trinajstić information content (AvgIpc) is 2.93. The van der Waals surface area contributed by atoms with Crippen LogP contribution in [0, 0.1) is 0 Å². The van der Waals surface area contributed by atoms with Gasteiger partial charge in [0.25, 0.3) is 0 Å². The highest BCUT2D eigenvalue weighted by Gasteiger charge is 2.10. The number of nitrogens with zero attached hydrogens (tertiary/aromatic N) is 2. The molecule has 1 aromatic heterocycles. The van der Waals surface area contributed by atoms with Crippen molar-refractivity contribution in [2.24, 2.45) is 5.73 Å². The maximum Gasteiger partial charge on any atom is 0.132 e. The van der Waals surface area contributed by atoms with Gasteiger partial charge in [-0.3, -0.25) is 4.68 Å². The van der Waals surface area contributed by atoms with Crippen molar-refractivity contribution in [2.75, 3.05) is 0 Å². The summed E-state index contributed by atoms with van der Waals surface area (Å²) < 4.78 is 8.87. The van der Waals surface area contributed by atoms with Crippen LogP contribution in [0.15, 0.2) is 34.9 Å². The lowest BCUT2D eigenvalue weighted by Crippen LogP contribution is -2.09. The minimum atomic E-state index is -0.0739. The van der Waals surface area contributed by atoms with Crippen molar-refractivity contribution < 1.29 is 4.74 Å². The van der Waals surface area contributed by atoms with Crippen molar-refractivity contribution in [1.29, 1.82) is 0 Å². The standard InChI is InChI=1S/C16H22BrN3O/c1-4-11(2)20-8-7-14(19-20)10-21-16-6-5-13(17)9-15(16)12(3)18/h5-9,11-12H,4,10,18H2,1-3H3. The molecule has 2 aromatic rings. The zero-order valence-electron chi connectivity index (χ0n) is 12.7. The molecular formula is C16H22BrN3O. The summed E-state index contributed by atoms with van der Waals surface area (Å²) >= 11 is 3.46. The van der Waals surface area contributed by atoms with E-state index in [0.717, 1.165) is 27.9 Å². The lowest BCUT2D eigenvalue weighted by atomic mass is 10.1. The van der Waals surface area contributed by atoms with Gasteiger partial charge in [0, 0.05) is 28.3 Å². The SMILES string of the molecule is CCC(C)n1ccc(COc2ccc(Br)cc2C(C)N)n1. The lowest BCUT2D eigenvalue weighted by molar-refractivity contribution is 0.293. The summed E-state index contributed by atoms with van der Waals surface area (Å²) in [4.78, 5) is 0. The second-order valence-corrected chi connectivity index (χ2v) is 6.22. The van der Waals surface area contributed by atoms with Crippen LogP contribution in [0.1, 0.15) is 50.5 Å². The topological polar surface area (TPSA) is 53.1 Å². The zero-order valence-corrected chi connectivity index (χ0v) is 14.3. The zero-order chi connectivity index (χ0) is 15.4. The maximum atomic E-state index is 5.99. The molecule has 0 fully saturated rings. The van der Waals surface area contributed by atoms with Gasteiger partial charge in [0.2, 0.25) is 0 Å². The highest BCUT2D eigenvalue weighted by molar-refractivity contribution is 9.10. The number of benzene rings is 1. The number of nitrogens with two attached hydrogens (primary N) is 1. The largest absolute Gasteiger partial charge is 0.487 e. The van der Waals surface area contributed by atoms with E-state index in [1.54, 1.807) is 0 Å². The number of rotatable bonds is 6. The first-order valence-corrected chi connectivity index (χ1v) is 8.02. The molecule has 0 radical (unpaired) electrons. The lowest BCUT2D eigenvalue weighted by Gasteiger charge is -2.14. The summed E-state index contributed by atoms with van der Waals surface area (Å²) in [5, 5.41) is 4.54. The van der Waals surface area contributed by atoms with Crippen molar-refractivity contribution in [2.45, 2.75) is 45.9 Å². The van der Waals surface area contributed by atoms with Gasteiger partial charge in [0.1, 0.15) is 12.4 Å². The van der Waals surface area contributed by atoms with E-state index in [2.05, 4.69) is 34.9 Å². The molecule has 5 heteroatoms. The van der Waals surface area contributed by atoms with Crippen LogP contribution in [0.5, 0.6) is 5.75 Å². The Morgan fingerprint density at radius 3 is 2.76 bits per heavy atom. The number of halogens is 1. The molecular weight excluding hydrogens is 330 g/mol. The van der Waals surface area contributed by atoms with Gasteiger partial charge in [-0.15, -0.1) is 0 Å². The van der Waals surface area contributed by atoms with Crippen LogP contribution in [0.2, 0.25) is 0 Å². The van der Waals surface area contributed by atoms with Crippen molar-refractivity contribution in [1.82, 2.24) is 9.78 Å². The quantitative estimate of drug-likeness (QED) is 0.847. The number of aromatic nitrogens is 2. The van der Waals surface area contributed by atoms with Gasteiger partial charge in [0.05, 0.1) is 5.69 Å². The number of hydrogen-bond acceptors (Lipinski definition) is 3. The normalized spacial score (nSPS) is 14.0. The third-order valence-electron chi connectivity index (χ3n) is 3.54. The Labute approximate surface area is 134 Å². The van der Waals surface area contributed by atoms with Crippen molar-refractivity contribution in [3.05, 3.63) is 46.2 Å². The molecule has 0 amide bonds. The first-order chi connectivity index (χ1) is 10.0. The molecule has 1 aromatic carbocycles. The molecule has 21 heavy (non-hydrogen) atoms. The average molecular weight is 352 g/mol. The summed E-state index contributed by atoms with van der Waals surface area (Å²) in [6.07, 6.45) is 3.06. The van der Waals surface area contributed by atoms with Crippen molar-refractivity contribution >= 4 is 15.9 Å². The second kappa shape index (κ2) is 7.09. The van der Waals surface area contributed by atoms with Crippen LogP contribution in [-0.4, -0.2) is 9.78 Å². The van der Waals surface area contributed by atoms with Gasteiger partial charge in [-0.1, -0.05) is 22.9 Å². The minimum absolute atomic E-state index is 0.0739. The first-order valence-electron chi connectivity index (χ1n) is 7.23. The smallest absolute Gasteiger partial charge is 0.132 e. The first kappa shape index (κ1) is 16.0. The highest BCUT2D eigenvalue weighted by Crippen LogP contribution is 2.28. The molecule has 0 saturated carbocycles. The van der Waals surface area contributed by atoms with Gasteiger partial charge < -0.3 is 10.5 Å². The van der Waals surface area contributed by atoms with Crippen LogP contribution in [-0.2, 0) is 6.61 Å². The second-order valence-electron chi connectivity index (χ2n) is 5.30. The summed E-state index contributed by atoms with van der Waals surface area (Å²) in [5.41, 5.74) is 7.91. The Hall–Kier alpha value is -1.33.